The SMILES string of the molecule is CCN(CC)c1ccc(NC2=C(c3ccc(F)cc3)C(=O)N(c3ccccc3OC)C2=O)cc1. The Kier molecular flexibility index (Phi) is 6.63. The molecule has 0 aromatic heterocycles. The van der Waals surface area contributed by atoms with Gasteiger partial charge < -0.3 is 15.0 Å². The van der Waals surface area contributed by atoms with Gasteiger partial charge in [0.1, 0.15) is 17.3 Å². The van der Waals surface area contributed by atoms with Gasteiger partial charge in [0.2, 0.25) is 0 Å². The van der Waals surface area contributed by atoms with E-state index in [1.165, 1.54) is 31.4 Å². The normalized spacial score (nSPS) is 13.5. The first-order chi connectivity index (χ1) is 16.5. The fourth-order valence-electron chi connectivity index (χ4n) is 4.05. The highest BCUT2D eigenvalue weighted by atomic mass is 19.1. The minimum atomic E-state index is -0.512. The molecule has 4 rings (SSSR count). The smallest absolute Gasteiger partial charge is 0.282 e. The fourth-order valence-corrected chi connectivity index (χ4v) is 4.05. The Morgan fingerprint density at radius 1 is 0.882 bits per heavy atom. The summed E-state index contributed by atoms with van der Waals surface area (Å²) >= 11 is 0. The number of para-hydroxylation sites is 2. The van der Waals surface area contributed by atoms with E-state index in [1.807, 2.05) is 24.3 Å². The van der Waals surface area contributed by atoms with Crippen molar-refractivity contribution in [2.24, 2.45) is 0 Å². The molecule has 3 aromatic carbocycles. The summed E-state index contributed by atoms with van der Waals surface area (Å²) in [5.41, 5.74) is 2.80. The molecule has 0 atom stereocenters. The zero-order valence-corrected chi connectivity index (χ0v) is 19.3. The molecule has 1 heterocycles. The lowest BCUT2D eigenvalue weighted by molar-refractivity contribution is -0.120. The molecule has 0 saturated carbocycles. The van der Waals surface area contributed by atoms with Crippen LogP contribution in [0.1, 0.15) is 19.4 Å². The van der Waals surface area contributed by atoms with Gasteiger partial charge in [-0.25, -0.2) is 9.29 Å². The number of carbonyl (C=O) groups excluding carboxylic acids is 2. The largest absolute Gasteiger partial charge is 0.495 e. The van der Waals surface area contributed by atoms with E-state index >= 15 is 0 Å². The van der Waals surface area contributed by atoms with E-state index < -0.39 is 17.6 Å². The molecule has 0 unspecified atom stereocenters. The molecule has 1 aliphatic rings. The number of rotatable bonds is 8. The van der Waals surface area contributed by atoms with Crippen molar-refractivity contribution in [2.45, 2.75) is 13.8 Å². The van der Waals surface area contributed by atoms with E-state index in [9.17, 15) is 14.0 Å². The predicted octanol–water partition coefficient (Wildman–Crippen LogP) is 5.08. The molecule has 0 aliphatic carbocycles. The third-order valence-electron chi connectivity index (χ3n) is 5.81. The minimum absolute atomic E-state index is 0.123. The Hall–Kier alpha value is -4.13. The number of ether oxygens (including phenoxy) is 1. The van der Waals surface area contributed by atoms with Crippen LogP contribution in [0.15, 0.2) is 78.5 Å². The summed E-state index contributed by atoms with van der Waals surface area (Å²) in [5, 5.41) is 3.14. The third-order valence-corrected chi connectivity index (χ3v) is 5.81. The molecule has 3 aromatic rings. The zero-order chi connectivity index (χ0) is 24.2. The Bertz CT molecular complexity index is 1230. The van der Waals surface area contributed by atoms with Gasteiger partial charge >= 0.3 is 0 Å². The molecule has 0 radical (unpaired) electrons. The van der Waals surface area contributed by atoms with Gasteiger partial charge in [-0.3, -0.25) is 9.59 Å². The van der Waals surface area contributed by atoms with Gasteiger partial charge in [-0.2, -0.15) is 0 Å². The average Bonchev–Trinajstić information content (AvgIpc) is 3.10. The highest BCUT2D eigenvalue weighted by Crippen LogP contribution is 2.37. The summed E-state index contributed by atoms with van der Waals surface area (Å²) in [4.78, 5) is 30.4. The molecule has 2 amide bonds. The van der Waals surface area contributed by atoms with E-state index in [-0.39, 0.29) is 11.3 Å². The Morgan fingerprint density at radius 2 is 1.53 bits per heavy atom. The van der Waals surface area contributed by atoms with Gasteiger partial charge in [0, 0.05) is 24.5 Å². The van der Waals surface area contributed by atoms with E-state index in [0.717, 1.165) is 23.7 Å². The molecule has 6 nitrogen and oxygen atoms in total. The second kappa shape index (κ2) is 9.79. The van der Waals surface area contributed by atoms with Gasteiger partial charge in [-0.1, -0.05) is 24.3 Å². The summed E-state index contributed by atoms with van der Waals surface area (Å²) < 4.78 is 19.0. The third kappa shape index (κ3) is 4.24. The van der Waals surface area contributed by atoms with Crippen molar-refractivity contribution in [3.63, 3.8) is 0 Å². The van der Waals surface area contributed by atoms with Gasteiger partial charge in [0.15, 0.2) is 0 Å². The van der Waals surface area contributed by atoms with Crippen LogP contribution in [0.3, 0.4) is 0 Å². The maximum atomic E-state index is 13.6. The fraction of sp³-hybridized carbons (Fsp3) is 0.185. The summed E-state index contributed by atoms with van der Waals surface area (Å²) in [6.45, 7) is 5.93. The number of amides is 2. The Balaban J connectivity index is 1.76. The molecule has 34 heavy (non-hydrogen) atoms. The van der Waals surface area contributed by atoms with Gasteiger partial charge in [-0.15, -0.1) is 0 Å². The Morgan fingerprint density at radius 3 is 2.15 bits per heavy atom. The molecule has 1 aliphatic heterocycles. The molecule has 0 saturated heterocycles. The van der Waals surface area contributed by atoms with Crippen LogP contribution in [0.2, 0.25) is 0 Å². The molecular weight excluding hydrogens is 433 g/mol. The van der Waals surface area contributed by atoms with Crippen molar-refractivity contribution in [2.75, 3.05) is 35.3 Å². The van der Waals surface area contributed by atoms with Crippen molar-refractivity contribution < 1.29 is 18.7 Å². The average molecular weight is 460 g/mol. The topological polar surface area (TPSA) is 61.9 Å². The lowest BCUT2D eigenvalue weighted by Gasteiger charge is -2.21. The molecule has 1 N–H and O–H groups in total. The highest BCUT2D eigenvalue weighted by molar-refractivity contribution is 6.46. The minimum Gasteiger partial charge on any atom is -0.495 e. The van der Waals surface area contributed by atoms with Crippen molar-refractivity contribution in [1.29, 1.82) is 0 Å². The van der Waals surface area contributed by atoms with Crippen LogP contribution in [-0.2, 0) is 9.59 Å². The number of imide groups is 1. The number of carbonyl (C=O) groups is 2. The van der Waals surface area contributed by atoms with Crippen molar-refractivity contribution in [3.8, 4) is 5.75 Å². The van der Waals surface area contributed by atoms with Crippen molar-refractivity contribution >= 4 is 34.4 Å². The first-order valence-corrected chi connectivity index (χ1v) is 11.1. The maximum Gasteiger partial charge on any atom is 0.282 e. The second-order valence-electron chi connectivity index (χ2n) is 7.72. The molecule has 0 bridgehead atoms. The van der Waals surface area contributed by atoms with Crippen LogP contribution in [0.5, 0.6) is 5.75 Å². The van der Waals surface area contributed by atoms with Crippen LogP contribution in [0.4, 0.5) is 21.5 Å². The summed E-state index contributed by atoms with van der Waals surface area (Å²) in [7, 11) is 1.48. The second-order valence-corrected chi connectivity index (χ2v) is 7.72. The quantitative estimate of drug-likeness (QED) is 0.476. The number of nitrogens with one attached hydrogen (secondary N) is 1. The van der Waals surface area contributed by atoms with E-state index in [1.54, 1.807) is 24.3 Å². The summed E-state index contributed by atoms with van der Waals surface area (Å²) in [5.74, 6) is -1.05. The number of benzene rings is 3. The summed E-state index contributed by atoms with van der Waals surface area (Å²) in [6.07, 6.45) is 0. The van der Waals surface area contributed by atoms with E-state index in [2.05, 4.69) is 24.1 Å². The molecule has 174 valence electrons. The lowest BCUT2D eigenvalue weighted by Crippen LogP contribution is -2.32. The van der Waals surface area contributed by atoms with E-state index in [0.29, 0.717) is 22.7 Å². The van der Waals surface area contributed by atoms with Gasteiger partial charge in [0.25, 0.3) is 11.8 Å². The lowest BCUT2D eigenvalue weighted by atomic mass is 10.0. The molecular formula is C27H26FN3O3. The molecule has 0 fully saturated rings. The number of hydrogen-bond acceptors (Lipinski definition) is 5. The molecule has 7 heteroatoms. The maximum absolute atomic E-state index is 13.6. The van der Waals surface area contributed by atoms with Gasteiger partial charge in [0.05, 0.1) is 18.4 Å². The van der Waals surface area contributed by atoms with Crippen molar-refractivity contribution in [1.82, 2.24) is 0 Å². The van der Waals surface area contributed by atoms with Crippen molar-refractivity contribution in [3.05, 3.63) is 89.9 Å². The zero-order valence-electron chi connectivity index (χ0n) is 19.3. The first kappa shape index (κ1) is 23.0. The monoisotopic (exact) mass is 459 g/mol. The summed E-state index contributed by atoms with van der Waals surface area (Å²) in [6, 6.07) is 20.0. The van der Waals surface area contributed by atoms with E-state index in [4.69, 9.17) is 4.74 Å². The number of hydrogen-bond donors (Lipinski definition) is 1. The number of nitrogens with zero attached hydrogens (tertiary/aromatic N) is 2. The molecule has 0 spiro atoms. The number of halogens is 1. The Labute approximate surface area is 198 Å². The first-order valence-electron chi connectivity index (χ1n) is 11.1. The van der Waals surface area contributed by atoms with Crippen LogP contribution in [0.25, 0.3) is 5.57 Å². The van der Waals surface area contributed by atoms with Crippen LogP contribution >= 0.6 is 0 Å². The number of anilines is 3. The van der Waals surface area contributed by atoms with Crippen LogP contribution in [0, 0.1) is 5.82 Å². The van der Waals surface area contributed by atoms with Gasteiger partial charge in [-0.05, 0) is 67.9 Å². The predicted molar refractivity (Wildman–Crippen MR) is 132 cm³/mol. The standard InChI is InChI=1S/C27H26FN3O3/c1-4-30(5-2)21-16-14-20(15-17-21)29-25-24(18-10-12-19(28)13-11-18)26(32)31(27(25)33)22-8-6-7-9-23(22)34-3/h6-17,29H,4-5H2,1-3H3. The number of methoxy groups -OCH3 is 1. The van der Waals surface area contributed by atoms with Crippen LogP contribution < -0.4 is 19.9 Å². The highest BCUT2D eigenvalue weighted by Gasteiger charge is 2.41. The van der Waals surface area contributed by atoms with Crippen LogP contribution in [-0.4, -0.2) is 32.0 Å².